The van der Waals surface area contributed by atoms with Crippen LogP contribution in [0.1, 0.15) is 12.8 Å². The van der Waals surface area contributed by atoms with Gasteiger partial charge in [0.05, 0.1) is 15.6 Å². The number of hydrogen-bond acceptors (Lipinski definition) is 4. The zero-order chi connectivity index (χ0) is 13.9. The number of primary sulfonamides is 1. The fraction of sp³-hybridized carbons (Fsp3) is 0.500. The van der Waals surface area contributed by atoms with Gasteiger partial charge in [-0.05, 0) is 37.0 Å². The Morgan fingerprint density at radius 2 is 2.05 bits per heavy atom. The first-order valence-corrected chi connectivity index (χ1v) is 8.03. The van der Waals surface area contributed by atoms with Crippen molar-refractivity contribution < 1.29 is 13.2 Å². The largest absolute Gasteiger partial charge is 0.384 e. The highest BCUT2D eigenvalue weighted by Gasteiger charge is 2.15. The predicted molar refractivity (Wildman–Crippen MR) is 74.9 cm³/mol. The molecule has 7 heteroatoms. The molecule has 0 radical (unpaired) electrons. The van der Waals surface area contributed by atoms with E-state index in [1.165, 1.54) is 18.2 Å². The van der Waals surface area contributed by atoms with Crippen LogP contribution in [-0.4, -0.2) is 28.2 Å². The molecule has 5 nitrogen and oxygen atoms in total. The Balaban J connectivity index is 2.06. The summed E-state index contributed by atoms with van der Waals surface area (Å²) in [5.74, 6) is 0.517. The topological polar surface area (TPSA) is 81.4 Å². The van der Waals surface area contributed by atoms with Gasteiger partial charge in [-0.1, -0.05) is 11.6 Å². The van der Waals surface area contributed by atoms with E-state index in [9.17, 15) is 8.42 Å². The number of nitrogens with one attached hydrogen (secondary N) is 1. The Labute approximate surface area is 118 Å². The summed E-state index contributed by atoms with van der Waals surface area (Å²) < 4.78 is 27.9. The van der Waals surface area contributed by atoms with E-state index in [0.717, 1.165) is 32.6 Å². The number of hydrogen-bond donors (Lipinski definition) is 2. The van der Waals surface area contributed by atoms with Crippen LogP contribution in [0, 0.1) is 5.92 Å². The van der Waals surface area contributed by atoms with E-state index in [0.29, 0.717) is 16.6 Å². The Morgan fingerprint density at radius 1 is 1.37 bits per heavy atom. The lowest BCUT2D eigenvalue weighted by Crippen LogP contribution is -2.22. The molecular weight excluding hydrogens is 288 g/mol. The molecule has 0 aliphatic carbocycles. The lowest BCUT2D eigenvalue weighted by molar-refractivity contribution is 0.0699. The molecule has 0 amide bonds. The first kappa shape index (κ1) is 14.6. The van der Waals surface area contributed by atoms with Crippen molar-refractivity contribution in [1.82, 2.24) is 0 Å². The molecule has 0 aromatic heterocycles. The van der Waals surface area contributed by atoms with Crippen LogP contribution in [0.2, 0.25) is 5.02 Å². The van der Waals surface area contributed by atoms with Crippen LogP contribution in [0.25, 0.3) is 0 Å². The number of halogens is 1. The third-order valence-corrected chi connectivity index (χ3v) is 4.43. The Hall–Kier alpha value is -0.820. The molecule has 19 heavy (non-hydrogen) atoms. The first-order chi connectivity index (χ1) is 8.97. The number of anilines is 1. The van der Waals surface area contributed by atoms with E-state index >= 15 is 0 Å². The van der Waals surface area contributed by atoms with E-state index in [1.807, 2.05) is 0 Å². The van der Waals surface area contributed by atoms with Crippen molar-refractivity contribution in [3.8, 4) is 0 Å². The van der Waals surface area contributed by atoms with Crippen molar-refractivity contribution in [2.75, 3.05) is 25.1 Å². The van der Waals surface area contributed by atoms with Crippen molar-refractivity contribution in [2.45, 2.75) is 17.7 Å². The zero-order valence-corrected chi connectivity index (χ0v) is 12.0. The summed E-state index contributed by atoms with van der Waals surface area (Å²) in [7, 11) is -3.70. The van der Waals surface area contributed by atoms with Gasteiger partial charge in [0.2, 0.25) is 10.0 Å². The summed E-state index contributed by atoms with van der Waals surface area (Å²) in [6.07, 6.45) is 2.00. The lowest BCUT2D eigenvalue weighted by atomic mass is 10.0. The van der Waals surface area contributed by atoms with E-state index in [4.69, 9.17) is 21.5 Å². The summed E-state index contributed by atoms with van der Waals surface area (Å²) >= 11 is 6.04. The maximum Gasteiger partial charge on any atom is 0.238 e. The van der Waals surface area contributed by atoms with Crippen LogP contribution in [0.4, 0.5) is 5.69 Å². The van der Waals surface area contributed by atoms with Gasteiger partial charge < -0.3 is 10.1 Å². The quantitative estimate of drug-likeness (QED) is 0.889. The second kappa shape index (κ2) is 6.09. The molecule has 1 fully saturated rings. The van der Waals surface area contributed by atoms with E-state index in [2.05, 4.69) is 5.32 Å². The first-order valence-electron chi connectivity index (χ1n) is 6.11. The minimum absolute atomic E-state index is 0.0615. The number of benzene rings is 1. The molecule has 1 saturated heterocycles. The standard InChI is InChI=1S/C12H17ClN2O3S/c13-11-2-1-10(19(14,16)17)7-12(11)15-8-9-3-5-18-6-4-9/h1-2,7,9,15H,3-6,8H2,(H2,14,16,17). The number of nitrogens with two attached hydrogens (primary N) is 1. The van der Waals surface area contributed by atoms with Crippen LogP contribution < -0.4 is 10.5 Å². The molecule has 106 valence electrons. The average Bonchev–Trinajstić information content (AvgIpc) is 2.37. The number of ether oxygens (including phenoxy) is 1. The van der Waals surface area contributed by atoms with Crippen LogP contribution in [0.15, 0.2) is 23.1 Å². The molecule has 0 unspecified atom stereocenters. The summed E-state index contributed by atoms with van der Waals surface area (Å²) in [5, 5.41) is 8.77. The summed E-state index contributed by atoms with van der Waals surface area (Å²) in [4.78, 5) is 0.0615. The third-order valence-electron chi connectivity index (χ3n) is 3.19. The van der Waals surface area contributed by atoms with Crippen molar-refractivity contribution in [2.24, 2.45) is 11.1 Å². The highest BCUT2D eigenvalue weighted by molar-refractivity contribution is 7.89. The Morgan fingerprint density at radius 3 is 2.68 bits per heavy atom. The van der Waals surface area contributed by atoms with Crippen LogP contribution in [0.3, 0.4) is 0 Å². The van der Waals surface area contributed by atoms with Gasteiger partial charge in [-0.15, -0.1) is 0 Å². The molecule has 1 aromatic rings. The second-order valence-electron chi connectivity index (χ2n) is 4.62. The molecule has 1 aliphatic rings. The highest BCUT2D eigenvalue weighted by Crippen LogP contribution is 2.26. The molecule has 1 aliphatic heterocycles. The molecule has 2 rings (SSSR count). The van der Waals surface area contributed by atoms with Gasteiger partial charge in [0, 0.05) is 19.8 Å². The smallest absolute Gasteiger partial charge is 0.238 e. The predicted octanol–water partition coefficient (Wildman–Crippen LogP) is 1.83. The third kappa shape index (κ3) is 4.07. The maximum absolute atomic E-state index is 11.3. The molecule has 0 atom stereocenters. The minimum Gasteiger partial charge on any atom is -0.384 e. The second-order valence-corrected chi connectivity index (χ2v) is 6.59. The molecule has 0 saturated carbocycles. The fourth-order valence-electron chi connectivity index (χ4n) is 2.02. The SMILES string of the molecule is NS(=O)(=O)c1ccc(Cl)c(NCC2CCOCC2)c1. The molecule has 0 bridgehead atoms. The van der Waals surface area contributed by atoms with E-state index < -0.39 is 10.0 Å². The summed E-state index contributed by atoms with van der Waals surface area (Å²) in [5.41, 5.74) is 0.597. The lowest BCUT2D eigenvalue weighted by Gasteiger charge is -2.23. The van der Waals surface area contributed by atoms with Crippen molar-refractivity contribution in [3.63, 3.8) is 0 Å². The summed E-state index contributed by atoms with van der Waals surface area (Å²) in [6.45, 7) is 2.30. The van der Waals surface area contributed by atoms with Crippen molar-refractivity contribution >= 4 is 27.3 Å². The Bertz CT molecular complexity index is 542. The van der Waals surface area contributed by atoms with E-state index in [1.54, 1.807) is 0 Å². The molecule has 1 aromatic carbocycles. The van der Waals surface area contributed by atoms with Gasteiger partial charge >= 0.3 is 0 Å². The molecule has 0 spiro atoms. The van der Waals surface area contributed by atoms with Crippen LogP contribution >= 0.6 is 11.6 Å². The average molecular weight is 305 g/mol. The van der Waals surface area contributed by atoms with Gasteiger partial charge in [-0.3, -0.25) is 0 Å². The summed E-state index contributed by atoms with van der Waals surface area (Å²) in [6, 6.07) is 4.40. The van der Waals surface area contributed by atoms with Gasteiger partial charge in [0.15, 0.2) is 0 Å². The minimum atomic E-state index is -3.70. The number of rotatable bonds is 4. The van der Waals surface area contributed by atoms with Gasteiger partial charge in [0.25, 0.3) is 0 Å². The van der Waals surface area contributed by atoms with Gasteiger partial charge in [-0.2, -0.15) is 0 Å². The van der Waals surface area contributed by atoms with Gasteiger partial charge in [0.1, 0.15) is 0 Å². The molecular formula is C12H17ClN2O3S. The highest BCUT2D eigenvalue weighted by atomic mass is 35.5. The normalized spacial score (nSPS) is 17.4. The molecule has 1 heterocycles. The Kier molecular flexibility index (Phi) is 4.67. The van der Waals surface area contributed by atoms with Crippen molar-refractivity contribution in [1.29, 1.82) is 0 Å². The monoisotopic (exact) mass is 304 g/mol. The molecule has 3 N–H and O–H groups in total. The van der Waals surface area contributed by atoms with Crippen LogP contribution in [0.5, 0.6) is 0 Å². The fourth-order valence-corrected chi connectivity index (χ4v) is 2.75. The van der Waals surface area contributed by atoms with Crippen molar-refractivity contribution in [3.05, 3.63) is 23.2 Å². The van der Waals surface area contributed by atoms with Gasteiger partial charge in [-0.25, -0.2) is 13.6 Å². The zero-order valence-electron chi connectivity index (χ0n) is 10.4. The number of sulfonamides is 1. The maximum atomic E-state index is 11.3. The van der Waals surface area contributed by atoms with Crippen LogP contribution in [-0.2, 0) is 14.8 Å². The van der Waals surface area contributed by atoms with E-state index in [-0.39, 0.29) is 4.90 Å².